The molecule has 1 atom stereocenters. The second-order valence-corrected chi connectivity index (χ2v) is 4.04. The molecule has 0 spiro atoms. The van der Waals surface area contributed by atoms with Gasteiger partial charge in [-0.15, -0.1) is 0 Å². The molecular weight excluding hydrogens is 214 g/mol. The number of benzene rings is 1. The van der Waals surface area contributed by atoms with Crippen LogP contribution in [0.5, 0.6) is 0 Å². The van der Waals surface area contributed by atoms with Gasteiger partial charge >= 0.3 is 0 Å². The van der Waals surface area contributed by atoms with E-state index in [2.05, 4.69) is 11.4 Å². The lowest BCUT2D eigenvalue weighted by Crippen LogP contribution is -2.20. The molecule has 0 aliphatic rings. The highest BCUT2D eigenvalue weighted by molar-refractivity contribution is 5.77. The maximum absolute atomic E-state index is 11.3. The number of nitriles is 1. The SMILES string of the molecule is CNC(=O)CC(C#N)c1ccc(N(C)C)cc1. The van der Waals surface area contributed by atoms with Gasteiger partial charge in [-0.25, -0.2) is 0 Å². The molecule has 1 N–H and O–H groups in total. The van der Waals surface area contributed by atoms with E-state index >= 15 is 0 Å². The predicted octanol–water partition coefficient (Wildman–Crippen LogP) is 1.50. The molecular formula is C13H17N3O. The minimum Gasteiger partial charge on any atom is -0.378 e. The first-order valence-electron chi connectivity index (χ1n) is 5.46. The van der Waals surface area contributed by atoms with Gasteiger partial charge in [-0.05, 0) is 17.7 Å². The molecule has 1 aromatic rings. The summed E-state index contributed by atoms with van der Waals surface area (Å²) in [7, 11) is 5.49. The lowest BCUT2D eigenvalue weighted by atomic mass is 9.96. The Morgan fingerprint density at radius 1 is 1.41 bits per heavy atom. The minimum atomic E-state index is -0.383. The highest BCUT2D eigenvalue weighted by Gasteiger charge is 2.14. The molecule has 90 valence electrons. The third-order valence-corrected chi connectivity index (χ3v) is 2.64. The number of nitrogens with zero attached hydrogens (tertiary/aromatic N) is 2. The summed E-state index contributed by atoms with van der Waals surface area (Å²) in [6, 6.07) is 9.84. The molecule has 1 rings (SSSR count). The van der Waals surface area contributed by atoms with E-state index in [1.54, 1.807) is 7.05 Å². The number of amides is 1. The van der Waals surface area contributed by atoms with Gasteiger partial charge in [0.2, 0.25) is 5.91 Å². The monoisotopic (exact) mass is 231 g/mol. The summed E-state index contributed by atoms with van der Waals surface area (Å²) in [5.74, 6) is -0.501. The van der Waals surface area contributed by atoms with Gasteiger partial charge in [0.1, 0.15) is 0 Å². The number of carbonyl (C=O) groups is 1. The van der Waals surface area contributed by atoms with Gasteiger partial charge in [-0.2, -0.15) is 5.26 Å². The van der Waals surface area contributed by atoms with Gasteiger partial charge in [0.15, 0.2) is 0 Å². The molecule has 0 fully saturated rings. The number of hydrogen-bond donors (Lipinski definition) is 1. The van der Waals surface area contributed by atoms with Crippen LogP contribution in [-0.2, 0) is 4.79 Å². The van der Waals surface area contributed by atoms with Crippen molar-refractivity contribution in [2.75, 3.05) is 26.0 Å². The summed E-state index contributed by atoms with van der Waals surface area (Å²) in [4.78, 5) is 13.2. The summed E-state index contributed by atoms with van der Waals surface area (Å²) >= 11 is 0. The Morgan fingerprint density at radius 3 is 2.41 bits per heavy atom. The number of hydrogen-bond acceptors (Lipinski definition) is 3. The van der Waals surface area contributed by atoms with Crippen LogP contribution in [0, 0.1) is 11.3 Å². The quantitative estimate of drug-likeness (QED) is 0.854. The molecule has 1 unspecified atom stereocenters. The van der Waals surface area contributed by atoms with Gasteiger partial charge in [-0.3, -0.25) is 4.79 Å². The maximum Gasteiger partial charge on any atom is 0.221 e. The molecule has 4 nitrogen and oxygen atoms in total. The molecule has 0 aliphatic heterocycles. The standard InChI is InChI=1S/C13H17N3O/c1-15-13(17)8-11(9-14)10-4-6-12(7-5-10)16(2)3/h4-7,11H,8H2,1-3H3,(H,15,17). The van der Waals surface area contributed by atoms with Crippen molar-refractivity contribution < 1.29 is 4.79 Å². The number of nitrogens with one attached hydrogen (secondary N) is 1. The molecule has 1 aromatic carbocycles. The highest BCUT2D eigenvalue weighted by Crippen LogP contribution is 2.21. The molecule has 0 heterocycles. The summed E-state index contributed by atoms with van der Waals surface area (Å²) in [6.07, 6.45) is 0.203. The van der Waals surface area contributed by atoms with Crippen molar-refractivity contribution >= 4 is 11.6 Å². The Bertz CT molecular complexity index is 417. The highest BCUT2D eigenvalue weighted by atomic mass is 16.1. The molecule has 0 aliphatic carbocycles. The van der Waals surface area contributed by atoms with Gasteiger partial charge in [0.05, 0.1) is 12.0 Å². The average Bonchev–Trinajstić information content (AvgIpc) is 2.35. The molecule has 0 radical (unpaired) electrons. The molecule has 17 heavy (non-hydrogen) atoms. The zero-order chi connectivity index (χ0) is 12.8. The van der Waals surface area contributed by atoms with Crippen molar-refractivity contribution in [2.45, 2.75) is 12.3 Å². The lowest BCUT2D eigenvalue weighted by molar-refractivity contribution is -0.120. The van der Waals surface area contributed by atoms with Crippen LogP contribution in [0.2, 0.25) is 0 Å². The van der Waals surface area contributed by atoms with E-state index in [-0.39, 0.29) is 18.2 Å². The van der Waals surface area contributed by atoms with Gasteiger partial charge in [-0.1, -0.05) is 12.1 Å². The van der Waals surface area contributed by atoms with Crippen molar-refractivity contribution in [3.05, 3.63) is 29.8 Å². The second-order valence-electron chi connectivity index (χ2n) is 4.04. The lowest BCUT2D eigenvalue weighted by Gasteiger charge is -2.14. The van der Waals surface area contributed by atoms with Gasteiger partial charge < -0.3 is 10.2 Å². The molecule has 4 heteroatoms. The first-order chi connectivity index (χ1) is 8.08. The Morgan fingerprint density at radius 2 is 2.00 bits per heavy atom. The van der Waals surface area contributed by atoms with E-state index < -0.39 is 0 Å². The van der Waals surface area contributed by atoms with Crippen molar-refractivity contribution in [3.8, 4) is 6.07 Å². The third-order valence-electron chi connectivity index (χ3n) is 2.64. The van der Waals surface area contributed by atoms with Crippen LogP contribution in [0.25, 0.3) is 0 Å². The summed E-state index contributed by atoms with van der Waals surface area (Å²) in [5.41, 5.74) is 1.95. The molecule has 0 saturated heterocycles. The van der Waals surface area contributed by atoms with Crippen molar-refractivity contribution in [2.24, 2.45) is 0 Å². The van der Waals surface area contributed by atoms with Gasteiger partial charge in [0.25, 0.3) is 0 Å². The van der Waals surface area contributed by atoms with Crippen LogP contribution in [0.1, 0.15) is 17.9 Å². The number of anilines is 1. The molecule has 0 saturated carbocycles. The van der Waals surface area contributed by atoms with E-state index in [1.165, 1.54) is 0 Å². The van der Waals surface area contributed by atoms with Crippen LogP contribution in [0.15, 0.2) is 24.3 Å². The van der Waals surface area contributed by atoms with Crippen LogP contribution in [0.3, 0.4) is 0 Å². The second kappa shape index (κ2) is 5.90. The van der Waals surface area contributed by atoms with Crippen LogP contribution < -0.4 is 10.2 Å². The smallest absolute Gasteiger partial charge is 0.221 e. The Kier molecular flexibility index (Phi) is 4.53. The average molecular weight is 231 g/mol. The van der Waals surface area contributed by atoms with Crippen LogP contribution in [-0.4, -0.2) is 27.1 Å². The van der Waals surface area contributed by atoms with Crippen LogP contribution >= 0.6 is 0 Å². The molecule has 0 bridgehead atoms. The Labute approximate surface area is 102 Å². The zero-order valence-corrected chi connectivity index (χ0v) is 10.4. The zero-order valence-electron chi connectivity index (χ0n) is 10.4. The fourth-order valence-electron chi connectivity index (χ4n) is 1.53. The third kappa shape index (κ3) is 3.49. The van der Waals surface area contributed by atoms with E-state index in [0.717, 1.165) is 11.3 Å². The van der Waals surface area contributed by atoms with Crippen molar-refractivity contribution in [1.29, 1.82) is 5.26 Å². The summed E-state index contributed by atoms with van der Waals surface area (Å²) < 4.78 is 0. The maximum atomic E-state index is 11.3. The Balaban J connectivity index is 2.83. The normalized spacial score (nSPS) is 11.4. The first kappa shape index (κ1) is 13.0. The Hall–Kier alpha value is -2.02. The summed E-state index contributed by atoms with van der Waals surface area (Å²) in [5, 5.41) is 11.6. The topological polar surface area (TPSA) is 56.1 Å². The number of carbonyl (C=O) groups excluding carboxylic acids is 1. The fourth-order valence-corrected chi connectivity index (χ4v) is 1.53. The van der Waals surface area contributed by atoms with Gasteiger partial charge in [0, 0.05) is 33.3 Å². The predicted molar refractivity (Wildman–Crippen MR) is 67.8 cm³/mol. The van der Waals surface area contributed by atoms with Crippen molar-refractivity contribution in [1.82, 2.24) is 5.32 Å². The van der Waals surface area contributed by atoms with Crippen LogP contribution in [0.4, 0.5) is 5.69 Å². The van der Waals surface area contributed by atoms with E-state index in [1.807, 2.05) is 43.3 Å². The molecule has 1 amide bonds. The fraction of sp³-hybridized carbons (Fsp3) is 0.385. The first-order valence-corrected chi connectivity index (χ1v) is 5.46. The number of rotatable bonds is 4. The minimum absolute atomic E-state index is 0.117. The molecule has 0 aromatic heterocycles. The van der Waals surface area contributed by atoms with E-state index in [9.17, 15) is 4.79 Å². The summed E-state index contributed by atoms with van der Waals surface area (Å²) in [6.45, 7) is 0. The van der Waals surface area contributed by atoms with E-state index in [4.69, 9.17) is 5.26 Å². The van der Waals surface area contributed by atoms with Crippen molar-refractivity contribution in [3.63, 3.8) is 0 Å². The largest absolute Gasteiger partial charge is 0.378 e. The van der Waals surface area contributed by atoms with E-state index in [0.29, 0.717) is 0 Å².